The van der Waals surface area contributed by atoms with Crippen molar-refractivity contribution >= 4 is 11.9 Å². The molecule has 0 saturated carbocycles. The van der Waals surface area contributed by atoms with E-state index in [9.17, 15) is 14.0 Å². The lowest BCUT2D eigenvalue weighted by molar-refractivity contribution is 0.0514. The Labute approximate surface area is 187 Å². The Bertz CT molecular complexity index is 1080. The molecule has 7 heteroatoms. The Morgan fingerprint density at radius 3 is 2.28 bits per heavy atom. The fraction of sp³-hybridized carbons (Fsp3) is 0.320. The number of hydrogen-bond acceptors (Lipinski definition) is 5. The normalized spacial score (nSPS) is 11.3. The highest BCUT2D eigenvalue weighted by molar-refractivity contribution is 5.96. The van der Waals surface area contributed by atoms with Gasteiger partial charge in [-0.2, -0.15) is 9.78 Å². The van der Waals surface area contributed by atoms with Crippen LogP contribution < -0.4 is 4.74 Å². The molecule has 1 heterocycles. The maximum Gasteiger partial charge on any atom is 0.435 e. The van der Waals surface area contributed by atoms with Gasteiger partial charge in [0.1, 0.15) is 23.8 Å². The summed E-state index contributed by atoms with van der Waals surface area (Å²) in [5.74, 6) is 0.306. The lowest BCUT2D eigenvalue weighted by atomic mass is 10.1. The smallest absolute Gasteiger partial charge is 0.435 e. The Kier molecular flexibility index (Phi) is 7.08. The van der Waals surface area contributed by atoms with Gasteiger partial charge < -0.3 is 9.47 Å². The topological polar surface area (TPSA) is 70.4 Å². The van der Waals surface area contributed by atoms with Gasteiger partial charge in [0, 0.05) is 29.3 Å². The lowest BCUT2D eigenvalue weighted by Crippen LogP contribution is -2.27. The predicted octanol–water partition coefficient (Wildman–Crippen LogP) is 6.03. The molecule has 168 valence electrons. The molecule has 0 radical (unpaired) electrons. The molecule has 0 N–H and O–H groups in total. The maximum absolute atomic E-state index is 13.4. The number of Topliss-reactive ketones (excluding diaryl/α,β-unsaturated/α-hetero) is 1. The van der Waals surface area contributed by atoms with E-state index in [1.807, 2.05) is 6.92 Å². The highest BCUT2D eigenvalue weighted by Gasteiger charge is 2.21. The van der Waals surface area contributed by atoms with Crippen molar-refractivity contribution in [2.75, 3.05) is 0 Å². The molecular weight excluding hydrogens is 411 g/mol. The van der Waals surface area contributed by atoms with Crippen LogP contribution in [0.5, 0.6) is 5.75 Å². The number of ketones is 1. The third-order valence-corrected chi connectivity index (χ3v) is 4.54. The summed E-state index contributed by atoms with van der Waals surface area (Å²) < 4.78 is 25.8. The SMILES string of the molecule is CCCC(=O)c1ccc(OCc2cn(C(=O)OC(C)(C)C)nc2-c2ccc(F)cc2)cc1. The van der Waals surface area contributed by atoms with Crippen molar-refractivity contribution in [2.45, 2.75) is 52.7 Å². The van der Waals surface area contributed by atoms with E-state index in [1.165, 1.54) is 12.1 Å². The number of ether oxygens (including phenoxy) is 2. The van der Waals surface area contributed by atoms with Crippen molar-refractivity contribution in [1.29, 1.82) is 0 Å². The first-order chi connectivity index (χ1) is 15.2. The van der Waals surface area contributed by atoms with Crippen LogP contribution in [-0.4, -0.2) is 27.3 Å². The number of benzene rings is 2. The summed E-state index contributed by atoms with van der Waals surface area (Å²) in [6, 6.07) is 12.8. The predicted molar refractivity (Wildman–Crippen MR) is 119 cm³/mol. The zero-order valence-electron chi connectivity index (χ0n) is 18.7. The zero-order chi connectivity index (χ0) is 23.3. The Balaban J connectivity index is 1.83. The highest BCUT2D eigenvalue weighted by Crippen LogP contribution is 2.25. The molecule has 3 aromatic rings. The number of nitrogens with zero attached hydrogens (tertiary/aromatic N) is 2. The molecule has 0 fully saturated rings. The van der Waals surface area contributed by atoms with Crippen LogP contribution in [0, 0.1) is 5.82 Å². The summed E-state index contributed by atoms with van der Waals surface area (Å²) in [4.78, 5) is 24.5. The van der Waals surface area contributed by atoms with Gasteiger partial charge in [0.2, 0.25) is 0 Å². The van der Waals surface area contributed by atoms with Crippen LogP contribution in [0.15, 0.2) is 54.7 Å². The minimum absolute atomic E-state index is 0.0938. The van der Waals surface area contributed by atoms with E-state index in [2.05, 4.69) is 5.10 Å². The summed E-state index contributed by atoms with van der Waals surface area (Å²) in [5.41, 5.74) is 1.74. The molecule has 1 aromatic heterocycles. The zero-order valence-corrected chi connectivity index (χ0v) is 18.7. The third kappa shape index (κ3) is 6.03. The number of rotatable bonds is 7. The Hall–Kier alpha value is -3.48. The van der Waals surface area contributed by atoms with Gasteiger partial charge in [-0.3, -0.25) is 4.79 Å². The summed E-state index contributed by atoms with van der Waals surface area (Å²) in [5, 5.41) is 4.36. The van der Waals surface area contributed by atoms with Crippen LogP contribution >= 0.6 is 0 Å². The molecular formula is C25H27FN2O4. The van der Waals surface area contributed by atoms with Crippen LogP contribution in [-0.2, 0) is 11.3 Å². The van der Waals surface area contributed by atoms with Crippen molar-refractivity contribution in [1.82, 2.24) is 9.78 Å². The van der Waals surface area contributed by atoms with Gasteiger partial charge >= 0.3 is 6.09 Å². The van der Waals surface area contributed by atoms with Crippen LogP contribution in [0.25, 0.3) is 11.3 Å². The second-order valence-electron chi connectivity index (χ2n) is 8.42. The van der Waals surface area contributed by atoms with Gasteiger partial charge in [-0.05, 0) is 75.7 Å². The van der Waals surface area contributed by atoms with E-state index >= 15 is 0 Å². The first kappa shape index (κ1) is 23.2. The third-order valence-electron chi connectivity index (χ3n) is 4.54. The largest absolute Gasteiger partial charge is 0.489 e. The van der Waals surface area contributed by atoms with E-state index in [-0.39, 0.29) is 18.2 Å². The van der Waals surface area contributed by atoms with Crippen LogP contribution in [0.2, 0.25) is 0 Å². The van der Waals surface area contributed by atoms with Crippen molar-refractivity contribution < 1.29 is 23.5 Å². The van der Waals surface area contributed by atoms with Crippen molar-refractivity contribution in [2.24, 2.45) is 0 Å². The molecule has 6 nitrogen and oxygen atoms in total. The number of carbonyl (C=O) groups excluding carboxylic acids is 2. The summed E-state index contributed by atoms with van der Waals surface area (Å²) in [7, 11) is 0. The number of carbonyl (C=O) groups is 2. The van der Waals surface area contributed by atoms with E-state index in [0.717, 1.165) is 11.1 Å². The molecule has 0 aliphatic carbocycles. The average molecular weight is 438 g/mol. The molecule has 3 rings (SSSR count). The highest BCUT2D eigenvalue weighted by atomic mass is 19.1. The van der Waals surface area contributed by atoms with Crippen molar-refractivity contribution in [3.05, 3.63) is 71.7 Å². The van der Waals surface area contributed by atoms with Gasteiger partial charge in [0.05, 0.1) is 5.69 Å². The van der Waals surface area contributed by atoms with E-state index < -0.39 is 11.7 Å². The quantitative estimate of drug-likeness (QED) is 0.421. The van der Waals surface area contributed by atoms with E-state index in [0.29, 0.717) is 34.6 Å². The fourth-order valence-corrected chi connectivity index (χ4v) is 3.04. The Morgan fingerprint density at radius 2 is 1.69 bits per heavy atom. The second kappa shape index (κ2) is 9.77. The Morgan fingerprint density at radius 1 is 1.03 bits per heavy atom. The van der Waals surface area contributed by atoms with Gasteiger partial charge in [-0.25, -0.2) is 9.18 Å². The number of aromatic nitrogens is 2. The fourth-order valence-electron chi connectivity index (χ4n) is 3.04. The first-order valence-electron chi connectivity index (χ1n) is 10.5. The number of hydrogen-bond donors (Lipinski definition) is 0. The first-order valence-corrected chi connectivity index (χ1v) is 10.5. The molecule has 0 aliphatic rings. The maximum atomic E-state index is 13.4. The molecule has 0 unspecified atom stereocenters. The van der Waals surface area contributed by atoms with E-state index in [4.69, 9.17) is 9.47 Å². The van der Waals surface area contributed by atoms with E-state index in [1.54, 1.807) is 63.4 Å². The monoisotopic (exact) mass is 438 g/mol. The van der Waals surface area contributed by atoms with Crippen LogP contribution in [0.4, 0.5) is 9.18 Å². The van der Waals surface area contributed by atoms with Gasteiger partial charge in [-0.1, -0.05) is 6.92 Å². The summed E-state index contributed by atoms with van der Waals surface area (Å²) in [6.45, 7) is 7.40. The average Bonchev–Trinajstić information content (AvgIpc) is 3.17. The van der Waals surface area contributed by atoms with Crippen LogP contribution in [0.1, 0.15) is 56.5 Å². The molecule has 32 heavy (non-hydrogen) atoms. The van der Waals surface area contributed by atoms with Gasteiger partial charge in [-0.15, -0.1) is 0 Å². The minimum Gasteiger partial charge on any atom is -0.489 e. The lowest BCUT2D eigenvalue weighted by Gasteiger charge is -2.18. The summed E-state index contributed by atoms with van der Waals surface area (Å²) >= 11 is 0. The standard InChI is InChI=1S/C25H27FN2O4/c1-5-6-22(29)17-9-13-21(14-10-17)31-16-19-15-28(24(30)32-25(2,3)4)27-23(19)18-7-11-20(26)12-8-18/h7-15H,5-6,16H2,1-4H3. The van der Waals surface area contributed by atoms with Gasteiger partial charge in [0.15, 0.2) is 5.78 Å². The van der Waals surface area contributed by atoms with Crippen LogP contribution in [0.3, 0.4) is 0 Å². The van der Waals surface area contributed by atoms with Crippen molar-refractivity contribution in [3.63, 3.8) is 0 Å². The van der Waals surface area contributed by atoms with Crippen molar-refractivity contribution in [3.8, 4) is 17.0 Å². The molecule has 0 spiro atoms. The summed E-state index contributed by atoms with van der Waals surface area (Å²) in [6.07, 6.45) is 2.23. The molecule has 2 aromatic carbocycles. The molecule has 0 atom stereocenters. The van der Waals surface area contributed by atoms with Gasteiger partial charge in [0.25, 0.3) is 0 Å². The molecule has 0 aliphatic heterocycles. The molecule has 0 saturated heterocycles. The number of halogens is 1. The molecule has 0 amide bonds. The molecule has 0 bridgehead atoms. The second-order valence-corrected chi connectivity index (χ2v) is 8.42. The minimum atomic E-state index is -0.674.